The molecule has 0 saturated carbocycles. The van der Waals surface area contributed by atoms with E-state index in [4.69, 9.17) is 14.2 Å². The van der Waals surface area contributed by atoms with Gasteiger partial charge in [-0.05, 0) is 89.9 Å². The van der Waals surface area contributed by atoms with Gasteiger partial charge >= 0.3 is 0 Å². The lowest BCUT2D eigenvalue weighted by Gasteiger charge is -2.27. The van der Waals surface area contributed by atoms with Crippen LogP contribution in [0.2, 0.25) is 0 Å². The van der Waals surface area contributed by atoms with Crippen LogP contribution >= 0.6 is 0 Å². The van der Waals surface area contributed by atoms with Crippen LogP contribution in [0.1, 0.15) is 63.0 Å². The van der Waals surface area contributed by atoms with Gasteiger partial charge in [0.25, 0.3) is 0 Å². The zero-order chi connectivity index (χ0) is 24.6. The van der Waals surface area contributed by atoms with Gasteiger partial charge in [0.05, 0.1) is 0 Å². The first-order valence-electron chi connectivity index (χ1n) is 11.1. The van der Waals surface area contributed by atoms with Crippen molar-refractivity contribution in [2.24, 2.45) is 0 Å². The smallest absolute Gasteiger partial charge is 0.185 e. The number of hydrogen-bond donors (Lipinski definition) is 0. The lowest BCUT2D eigenvalue weighted by atomic mass is 10.00. The summed E-state index contributed by atoms with van der Waals surface area (Å²) < 4.78 is 17.9. The number of allylic oxidation sites excluding steroid dienone is 2. The van der Waals surface area contributed by atoms with Crippen molar-refractivity contribution < 1.29 is 19.0 Å². The first kappa shape index (κ1) is 26.0. The van der Waals surface area contributed by atoms with Gasteiger partial charge in [-0.25, -0.2) is 0 Å². The highest BCUT2D eigenvalue weighted by Crippen LogP contribution is 2.34. The summed E-state index contributed by atoms with van der Waals surface area (Å²) in [5.74, 6) is 2.00. The van der Waals surface area contributed by atoms with Gasteiger partial charge in [-0.1, -0.05) is 24.8 Å². The molecule has 2 aromatic carbocycles. The predicted octanol–water partition coefficient (Wildman–Crippen LogP) is 7.23. The Morgan fingerprint density at radius 2 is 1.52 bits per heavy atom. The molecular formula is C29H36O4. The lowest BCUT2D eigenvalue weighted by molar-refractivity contribution is 0.104. The number of benzene rings is 2. The maximum absolute atomic E-state index is 12.8. The van der Waals surface area contributed by atoms with E-state index in [1.54, 1.807) is 36.4 Å². The highest BCUT2D eigenvalue weighted by Gasteiger charge is 2.20. The maximum atomic E-state index is 12.8. The van der Waals surface area contributed by atoms with E-state index >= 15 is 0 Å². The van der Waals surface area contributed by atoms with Crippen LogP contribution < -0.4 is 14.2 Å². The van der Waals surface area contributed by atoms with Gasteiger partial charge < -0.3 is 14.2 Å². The fourth-order valence-electron chi connectivity index (χ4n) is 3.12. The van der Waals surface area contributed by atoms with Crippen molar-refractivity contribution in [2.45, 2.75) is 59.2 Å². The third-order valence-electron chi connectivity index (χ3n) is 4.33. The van der Waals surface area contributed by atoms with Crippen molar-refractivity contribution in [2.75, 3.05) is 6.61 Å². The largest absolute Gasteiger partial charge is 0.490 e. The topological polar surface area (TPSA) is 44.8 Å². The molecule has 0 radical (unpaired) electrons. The first-order valence-corrected chi connectivity index (χ1v) is 11.1. The fourth-order valence-corrected chi connectivity index (χ4v) is 3.12. The molecule has 0 saturated heterocycles. The van der Waals surface area contributed by atoms with Gasteiger partial charge in [0.2, 0.25) is 0 Å². The summed E-state index contributed by atoms with van der Waals surface area (Å²) in [5.41, 5.74) is 1.64. The molecule has 2 rings (SSSR count). The van der Waals surface area contributed by atoms with Crippen LogP contribution in [-0.2, 0) is 6.42 Å². The molecule has 0 aromatic heterocycles. The standard InChI is InChI=1S/C29H36O4/c1-9-11-25-22(14-17-26(30)21-12-15-23(16-13-21)31-18-10-2)19-24(32-28(3,4)5)20-27(25)33-29(6,7)8/h9-10,12-17,19-20H,1-2,11,18H2,3-8H3/b17-14+. The molecule has 0 atom stereocenters. The molecule has 0 fully saturated rings. The Bertz CT molecular complexity index is 1000. The van der Waals surface area contributed by atoms with Crippen LogP contribution in [0.3, 0.4) is 0 Å². The Morgan fingerprint density at radius 1 is 0.879 bits per heavy atom. The van der Waals surface area contributed by atoms with Crippen LogP contribution in [0.15, 0.2) is 67.8 Å². The van der Waals surface area contributed by atoms with Gasteiger partial charge in [-0.3, -0.25) is 4.79 Å². The Kier molecular flexibility index (Phi) is 8.69. The van der Waals surface area contributed by atoms with Crippen molar-refractivity contribution in [1.29, 1.82) is 0 Å². The molecule has 0 unspecified atom stereocenters. The Balaban J connectivity index is 2.42. The fraction of sp³-hybridized carbons (Fsp3) is 0.345. The minimum absolute atomic E-state index is 0.102. The van der Waals surface area contributed by atoms with E-state index in [1.165, 1.54) is 0 Å². The van der Waals surface area contributed by atoms with Crippen molar-refractivity contribution in [3.63, 3.8) is 0 Å². The molecule has 4 heteroatoms. The summed E-state index contributed by atoms with van der Waals surface area (Å²) in [4.78, 5) is 12.8. The second-order valence-corrected chi connectivity index (χ2v) is 9.73. The van der Waals surface area contributed by atoms with E-state index in [1.807, 2.05) is 65.8 Å². The third-order valence-corrected chi connectivity index (χ3v) is 4.33. The van der Waals surface area contributed by atoms with Crippen LogP contribution in [0.4, 0.5) is 0 Å². The SMILES string of the molecule is C=CCOc1ccc(C(=O)/C=C/c2cc(OC(C)(C)C)cc(OC(C)(C)C)c2CC=C)cc1. The molecule has 0 aliphatic rings. The highest BCUT2D eigenvalue weighted by molar-refractivity contribution is 6.07. The summed E-state index contributed by atoms with van der Waals surface area (Å²) in [7, 11) is 0. The average molecular weight is 449 g/mol. The first-order chi connectivity index (χ1) is 15.4. The van der Waals surface area contributed by atoms with Gasteiger partial charge in [0, 0.05) is 17.2 Å². The van der Waals surface area contributed by atoms with Crippen LogP contribution in [0.5, 0.6) is 17.2 Å². The van der Waals surface area contributed by atoms with Gasteiger partial charge in [0.1, 0.15) is 35.1 Å². The number of rotatable bonds is 10. The second-order valence-electron chi connectivity index (χ2n) is 9.73. The highest BCUT2D eigenvalue weighted by atomic mass is 16.5. The van der Waals surface area contributed by atoms with Crippen LogP contribution in [0.25, 0.3) is 6.08 Å². The summed E-state index contributed by atoms with van der Waals surface area (Å²) in [6.07, 6.45) is 7.50. The zero-order valence-corrected chi connectivity index (χ0v) is 20.7. The van der Waals surface area contributed by atoms with Gasteiger partial charge in [0.15, 0.2) is 5.78 Å². The van der Waals surface area contributed by atoms with Gasteiger partial charge in [-0.15, -0.1) is 6.58 Å². The molecule has 0 bridgehead atoms. The van der Waals surface area contributed by atoms with E-state index in [-0.39, 0.29) is 17.0 Å². The van der Waals surface area contributed by atoms with Crippen molar-refractivity contribution >= 4 is 11.9 Å². The van der Waals surface area contributed by atoms with Crippen molar-refractivity contribution in [3.05, 3.63) is 84.5 Å². The molecule has 0 aliphatic heterocycles. The maximum Gasteiger partial charge on any atom is 0.185 e. The van der Waals surface area contributed by atoms with E-state index < -0.39 is 0 Å². The zero-order valence-electron chi connectivity index (χ0n) is 20.7. The van der Waals surface area contributed by atoms with E-state index in [0.717, 1.165) is 16.9 Å². The number of ketones is 1. The molecule has 176 valence electrons. The minimum Gasteiger partial charge on any atom is -0.490 e. The summed E-state index contributed by atoms with van der Waals surface area (Å²) in [6.45, 7) is 19.9. The Labute approximate surface area is 198 Å². The van der Waals surface area contributed by atoms with Crippen LogP contribution in [-0.4, -0.2) is 23.6 Å². The lowest BCUT2D eigenvalue weighted by Crippen LogP contribution is -2.25. The van der Waals surface area contributed by atoms with Gasteiger partial charge in [-0.2, -0.15) is 0 Å². The molecule has 0 amide bonds. The quantitative estimate of drug-likeness (QED) is 0.218. The summed E-state index contributed by atoms with van der Waals surface area (Å²) >= 11 is 0. The number of ether oxygens (including phenoxy) is 3. The number of carbonyl (C=O) groups is 1. The monoisotopic (exact) mass is 448 g/mol. The van der Waals surface area contributed by atoms with E-state index in [9.17, 15) is 4.79 Å². The minimum atomic E-state index is -0.386. The average Bonchev–Trinajstić information content (AvgIpc) is 2.70. The number of hydrogen-bond acceptors (Lipinski definition) is 4. The van der Waals surface area contributed by atoms with E-state index in [2.05, 4.69) is 13.2 Å². The molecular weight excluding hydrogens is 412 g/mol. The third kappa shape index (κ3) is 8.64. The number of carbonyl (C=O) groups excluding carboxylic acids is 1. The van der Waals surface area contributed by atoms with E-state index in [0.29, 0.717) is 30.1 Å². The predicted molar refractivity (Wildman–Crippen MR) is 137 cm³/mol. The normalized spacial score (nSPS) is 11.8. The molecule has 0 N–H and O–H groups in total. The second kappa shape index (κ2) is 11.0. The molecule has 2 aromatic rings. The van der Waals surface area contributed by atoms with Crippen molar-refractivity contribution in [3.8, 4) is 17.2 Å². The summed E-state index contributed by atoms with van der Waals surface area (Å²) in [5, 5.41) is 0. The molecule has 33 heavy (non-hydrogen) atoms. The molecule has 0 heterocycles. The molecule has 0 aliphatic carbocycles. The molecule has 4 nitrogen and oxygen atoms in total. The summed E-state index contributed by atoms with van der Waals surface area (Å²) in [6, 6.07) is 10.9. The Hall–Kier alpha value is -3.27. The van der Waals surface area contributed by atoms with Crippen molar-refractivity contribution in [1.82, 2.24) is 0 Å². The van der Waals surface area contributed by atoms with Crippen LogP contribution in [0, 0.1) is 0 Å². The molecule has 0 spiro atoms. The Morgan fingerprint density at radius 3 is 2.06 bits per heavy atom.